The molecule has 1 aliphatic rings. The van der Waals surface area contributed by atoms with Crippen LogP contribution in [0.3, 0.4) is 0 Å². The van der Waals surface area contributed by atoms with Crippen molar-refractivity contribution in [3.05, 3.63) is 102 Å². The van der Waals surface area contributed by atoms with E-state index < -0.39 is 21.9 Å². The van der Waals surface area contributed by atoms with Crippen LogP contribution in [0.1, 0.15) is 40.2 Å². The number of sulfonamides is 1. The molecule has 1 N–H and O–H groups in total. The third-order valence-electron chi connectivity index (χ3n) is 7.00. The van der Waals surface area contributed by atoms with Gasteiger partial charge in [-0.3, -0.25) is 9.10 Å². The van der Waals surface area contributed by atoms with Gasteiger partial charge in [-0.2, -0.15) is 0 Å². The lowest BCUT2D eigenvalue weighted by Gasteiger charge is -2.28. The second-order valence-electron chi connectivity index (χ2n) is 9.94. The summed E-state index contributed by atoms with van der Waals surface area (Å²) in [6, 6.07) is 18.8. The van der Waals surface area contributed by atoms with Gasteiger partial charge in [-0.15, -0.1) is 6.58 Å². The van der Waals surface area contributed by atoms with E-state index in [1.807, 2.05) is 36.4 Å². The Hall–Kier alpha value is -3.95. The first-order valence-corrected chi connectivity index (χ1v) is 14.9. The molecule has 208 valence electrons. The van der Waals surface area contributed by atoms with Crippen LogP contribution in [0.15, 0.2) is 83.8 Å². The molecule has 1 amide bonds. The second-order valence-corrected chi connectivity index (χ2v) is 11.8. The number of nitrogens with one attached hydrogen (secondary N) is 1. The molecule has 1 aromatic heterocycles. The van der Waals surface area contributed by atoms with Gasteiger partial charge >= 0.3 is 0 Å². The van der Waals surface area contributed by atoms with Crippen molar-refractivity contribution < 1.29 is 26.8 Å². The highest BCUT2D eigenvalue weighted by atomic mass is 32.2. The van der Waals surface area contributed by atoms with E-state index in [4.69, 9.17) is 9.15 Å². The van der Waals surface area contributed by atoms with Gasteiger partial charge in [-0.1, -0.05) is 36.4 Å². The van der Waals surface area contributed by atoms with E-state index >= 15 is 0 Å². The van der Waals surface area contributed by atoms with Crippen LogP contribution in [-0.4, -0.2) is 40.3 Å². The van der Waals surface area contributed by atoms with Gasteiger partial charge in [-0.05, 0) is 60.2 Å². The Balaban J connectivity index is 1.60. The molecule has 1 atom stereocenters. The van der Waals surface area contributed by atoms with Crippen molar-refractivity contribution in [3.8, 4) is 11.3 Å². The normalized spacial score (nSPS) is 14.2. The zero-order valence-electron chi connectivity index (χ0n) is 22.4. The van der Waals surface area contributed by atoms with E-state index in [0.717, 1.165) is 30.2 Å². The number of furan rings is 1. The van der Waals surface area contributed by atoms with E-state index in [9.17, 15) is 17.6 Å². The molecule has 1 heterocycles. The van der Waals surface area contributed by atoms with Crippen LogP contribution in [0, 0.1) is 5.82 Å². The number of rotatable bonds is 11. The molecular formula is C31H31FN2O5S. The molecule has 1 fully saturated rings. The van der Waals surface area contributed by atoms with Crippen LogP contribution < -0.4 is 9.62 Å². The smallest absolute Gasteiger partial charge is 0.255 e. The molecule has 7 nitrogen and oxygen atoms in total. The predicted molar refractivity (Wildman–Crippen MR) is 154 cm³/mol. The molecule has 4 aromatic rings. The zero-order chi connectivity index (χ0) is 28.4. The van der Waals surface area contributed by atoms with Crippen LogP contribution in [0.2, 0.25) is 0 Å². The van der Waals surface area contributed by atoms with Crippen molar-refractivity contribution in [2.24, 2.45) is 0 Å². The van der Waals surface area contributed by atoms with Crippen LogP contribution in [-0.2, 0) is 21.4 Å². The average molecular weight is 563 g/mol. The fraction of sp³-hybridized carbons (Fsp3) is 0.258. The number of ether oxygens (including phenoxy) is 1. The maximum absolute atomic E-state index is 13.6. The van der Waals surface area contributed by atoms with Crippen molar-refractivity contribution in [2.45, 2.75) is 31.5 Å². The van der Waals surface area contributed by atoms with Crippen LogP contribution in [0.4, 0.5) is 10.1 Å². The monoisotopic (exact) mass is 562 g/mol. The lowest BCUT2D eigenvalue weighted by molar-refractivity contribution is 0.0783. The number of anilines is 1. The number of hydrogen-bond acceptors (Lipinski definition) is 5. The third-order valence-corrected chi connectivity index (χ3v) is 8.15. The molecule has 1 aliphatic carbocycles. The van der Waals surface area contributed by atoms with Crippen molar-refractivity contribution >= 4 is 32.6 Å². The molecular weight excluding hydrogens is 531 g/mol. The first-order valence-electron chi connectivity index (χ1n) is 13.0. The Bertz CT molecular complexity index is 1640. The van der Waals surface area contributed by atoms with E-state index in [-0.39, 0.29) is 24.1 Å². The molecule has 1 saturated carbocycles. The Labute approximate surface area is 233 Å². The van der Waals surface area contributed by atoms with E-state index in [1.54, 1.807) is 24.3 Å². The highest BCUT2D eigenvalue weighted by Gasteiger charge is 2.34. The number of benzene rings is 3. The topological polar surface area (TPSA) is 88.9 Å². The quantitative estimate of drug-likeness (QED) is 0.226. The van der Waals surface area contributed by atoms with Crippen molar-refractivity contribution in [1.29, 1.82) is 0 Å². The minimum absolute atomic E-state index is 0.0220. The fourth-order valence-corrected chi connectivity index (χ4v) is 5.72. The predicted octanol–water partition coefficient (Wildman–Crippen LogP) is 6.01. The average Bonchev–Trinajstić information content (AvgIpc) is 3.73. The van der Waals surface area contributed by atoms with Crippen molar-refractivity contribution in [3.63, 3.8) is 0 Å². The van der Waals surface area contributed by atoms with Gasteiger partial charge in [0.2, 0.25) is 10.0 Å². The van der Waals surface area contributed by atoms with E-state index in [0.29, 0.717) is 34.4 Å². The molecule has 0 radical (unpaired) electrons. The van der Waals surface area contributed by atoms with Gasteiger partial charge in [0.05, 0.1) is 36.8 Å². The second kappa shape index (κ2) is 11.3. The Morgan fingerprint density at radius 1 is 1.18 bits per heavy atom. The first kappa shape index (κ1) is 27.6. The standard InChI is InChI=1S/C31H31FN2O5S/c1-4-24(38-19-20-8-6-5-7-9-20)18-34(40(3,36)37)27-17-28-26(16-25(27)21-10-11-21)29(31(35)33-2)30(39-28)22-12-14-23(32)15-13-22/h4-9,12-17,21,24H,1,10-11,18-19H2,2-3H3,(H,33,35). The lowest BCUT2D eigenvalue weighted by atomic mass is 10.0. The van der Waals surface area contributed by atoms with Crippen LogP contribution >= 0.6 is 0 Å². The number of hydrogen-bond donors (Lipinski definition) is 1. The van der Waals surface area contributed by atoms with Crippen molar-refractivity contribution in [2.75, 3.05) is 24.2 Å². The molecule has 9 heteroatoms. The number of fused-ring (bicyclic) bond motifs is 1. The largest absolute Gasteiger partial charge is 0.455 e. The lowest BCUT2D eigenvalue weighted by Crippen LogP contribution is -2.37. The SMILES string of the molecule is C=CC(CN(c1cc2oc(-c3ccc(F)cc3)c(C(=O)NC)c2cc1C1CC1)S(C)(=O)=O)OCc1ccccc1. The van der Waals surface area contributed by atoms with Gasteiger partial charge in [0, 0.05) is 24.1 Å². The number of halogens is 1. The van der Waals surface area contributed by atoms with Crippen LogP contribution in [0.25, 0.3) is 22.3 Å². The van der Waals surface area contributed by atoms with Crippen LogP contribution in [0.5, 0.6) is 0 Å². The molecule has 1 unspecified atom stereocenters. The Morgan fingerprint density at radius 2 is 1.88 bits per heavy atom. The van der Waals surface area contributed by atoms with Gasteiger partial charge in [0.15, 0.2) is 0 Å². The molecule has 0 saturated heterocycles. The van der Waals surface area contributed by atoms with Gasteiger partial charge < -0.3 is 14.5 Å². The highest BCUT2D eigenvalue weighted by Crippen LogP contribution is 2.48. The number of amides is 1. The minimum Gasteiger partial charge on any atom is -0.455 e. The first-order chi connectivity index (χ1) is 19.2. The maximum atomic E-state index is 13.6. The molecule has 0 aliphatic heterocycles. The summed E-state index contributed by atoms with van der Waals surface area (Å²) in [6.45, 7) is 4.20. The fourth-order valence-electron chi connectivity index (χ4n) is 4.79. The van der Waals surface area contributed by atoms with E-state index in [2.05, 4.69) is 11.9 Å². The molecule has 5 rings (SSSR count). The third kappa shape index (κ3) is 5.80. The summed E-state index contributed by atoms with van der Waals surface area (Å²) in [5.41, 5.74) is 3.47. The maximum Gasteiger partial charge on any atom is 0.255 e. The summed E-state index contributed by atoms with van der Waals surface area (Å²) in [5.74, 6) is -0.324. The summed E-state index contributed by atoms with van der Waals surface area (Å²) in [4.78, 5) is 13.0. The molecule has 40 heavy (non-hydrogen) atoms. The number of carbonyl (C=O) groups excluding carboxylic acids is 1. The highest BCUT2D eigenvalue weighted by molar-refractivity contribution is 7.92. The van der Waals surface area contributed by atoms with Gasteiger partial charge in [0.25, 0.3) is 5.91 Å². The summed E-state index contributed by atoms with van der Waals surface area (Å²) < 4.78 is 53.5. The molecule has 3 aromatic carbocycles. The van der Waals surface area contributed by atoms with E-state index in [1.165, 1.54) is 23.5 Å². The molecule has 0 bridgehead atoms. The summed E-state index contributed by atoms with van der Waals surface area (Å²) in [6.07, 6.45) is 3.99. The number of carbonyl (C=O) groups is 1. The van der Waals surface area contributed by atoms with Gasteiger partial charge in [-0.25, -0.2) is 12.8 Å². The number of nitrogens with zero attached hydrogens (tertiary/aromatic N) is 1. The Kier molecular flexibility index (Phi) is 7.78. The zero-order valence-corrected chi connectivity index (χ0v) is 23.2. The minimum atomic E-state index is -3.74. The summed E-state index contributed by atoms with van der Waals surface area (Å²) in [7, 11) is -2.21. The van der Waals surface area contributed by atoms with Gasteiger partial charge in [0.1, 0.15) is 17.2 Å². The Morgan fingerprint density at radius 3 is 2.48 bits per heavy atom. The van der Waals surface area contributed by atoms with Crippen molar-refractivity contribution in [1.82, 2.24) is 5.32 Å². The summed E-state index contributed by atoms with van der Waals surface area (Å²) in [5, 5.41) is 3.23. The molecule has 0 spiro atoms. The summed E-state index contributed by atoms with van der Waals surface area (Å²) >= 11 is 0.